The molecule has 0 bridgehead atoms. The van der Waals surface area contributed by atoms with Crippen LogP contribution in [0.4, 0.5) is 0 Å². The van der Waals surface area contributed by atoms with E-state index in [0.29, 0.717) is 22.6 Å². The molecule has 1 aliphatic rings. The van der Waals surface area contributed by atoms with Crippen molar-refractivity contribution in [2.75, 3.05) is 0 Å². The van der Waals surface area contributed by atoms with E-state index in [-0.39, 0.29) is 5.92 Å². The summed E-state index contributed by atoms with van der Waals surface area (Å²) in [5, 5.41) is 0. The lowest BCUT2D eigenvalue weighted by Gasteiger charge is -2.25. The Morgan fingerprint density at radius 3 is 1.87 bits per heavy atom. The Bertz CT molecular complexity index is 1050. The van der Waals surface area contributed by atoms with Gasteiger partial charge in [-0.1, -0.05) is 61.7 Å². The molecule has 0 unspecified atom stereocenters. The predicted molar refractivity (Wildman–Crippen MR) is 120 cm³/mol. The Morgan fingerprint density at radius 2 is 1.29 bits per heavy atom. The van der Waals surface area contributed by atoms with E-state index in [1.165, 1.54) is 6.42 Å². The van der Waals surface area contributed by atoms with Crippen LogP contribution in [0, 0.1) is 6.92 Å². The van der Waals surface area contributed by atoms with Gasteiger partial charge in [-0.3, -0.25) is 0 Å². The zero-order valence-electron chi connectivity index (χ0n) is 17.7. The Kier molecular flexibility index (Phi) is 6.46. The molecule has 1 saturated carbocycles. The second-order valence-electron chi connectivity index (χ2n) is 8.03. The van der Waals surface area contributed by atoms with E-state index in [1.54, 1.807) is 54.6 Å². The molecular weight excluding hydrogens is 388 g/mol. The van der Waals surface area contributed by atoms with Crippen molar-refractivity contribution in [2.45, 2.75) is 44.9 Å². The third-order valence-corrected chi connectivity index (χ3v) is 5.69. The minimum absolute atomic E-state index is 0.279. The number of carbonyl (C=O) groups is 2. The average Bonchev–Trinajstić information content (AvgIpc) is 2.82. The van der Waals surface area contributed by atoms with Gasteiger partial charge >= 0.3 is 11.9 Å². The van der Waals surface area contributed by atoms with Gasteiger partial charge in [-0.25, -0.2) is 9.59 Å². The van der Waals surface area contributed by atoms with Gasteiger partial charge in [-0.05, 0) is 61.6 Å². The molecule has 0 N–H and O–H groups in total. The van der Waals surface area contributed by atoms with Crippen molar-refractivity contribution in [3.63, 3.8) is 0 Å². The summed E-state index contributed by atoms with van der Waals surface area (Å²) >= 11 is 0. The van der Waals surface area contributed by atoms with Gasteiger partial charge in [0.1, 0.15) is 0 Å². The van der Waals surface area contributed by atoms with Gasteiger partial charge in [0.25, 0.3) is 0 Å². The van der Waals surface area contributed by atoms with Crippen LogP contribution in [0.3, 0.4) is 0 Å². The number of ether oxygens (including phenoxy) is 2. The second-order valence-corrected chi connectivity index (χ2v) is 8.03. The van der Waals surface area contributed by atoms with Crippen LogP contribution in [-0.2, 0) is 0 Å². The number of esters is 2. The van der Waals surface area contributed by atoms with Crippen LogP contribution < -0.4 is 9.47 Å². The van der Waals surface area contributed by atoms with Gasteiger partial charge in [-0.15, -0.1) is 0 Å². The number of carbonyl (C=O) groups excluding carboxylic acids is 2. The van der Waals surface area contributed by atoms with E-state index in [1.807, 2.05) is 19.1 Å². The Morgan fingerprint density at radius 1 is 0.742 bits per heavy atom. The molecule has 3 aromatic rings. The summed E-state index contributed by atoms with van der Waals surface area (Å²) in [5.41, 5.74) is 2.82. The molecule has 0 aliphatic heterocycles. The van der Waals surface area contributed by atoms with Crippen LogP contribution in [0.2, 0.25) is 0 Å². The summed E-state index contributed by atoms with van der Waals surface area (Å²) in [6.07, 6.45) is 5.57. The number of rotatable bonds is 5. The quantitative estimate of drug-likeness (QED) is 0.354. The summed E-state index contributed by atoms with van der Waals surface area (Å²) in [5.74, 6) is -0.00734. The SMILES string of the molecule is Cc1cc(OC(=O)c2ccccc2)c(OC(=O)c2ccccc2)c(C2CCCCC2)c1. The largest absolute Gasteiger partial charge is 0.419 e. The van der Waals surface area contributed by atoms with Crippen LogP contribution in [0.1, 0.15) is 69.9 Å². The minimum atomic E-state index is -0.474. The van der Waals surface area contributed by atoms with Gasteiger partial charge in [0, 0.05) is 5.56 Å². The van der Waals surface area contributed by atoms with Gasteiger partial charge < -0.3 is 9.47 Å². The number of aryl methyl sites for hydroxylation is 1. The summed E-state index contributed by atoms with van der Waals surface area (Å²) in [6, 6.07) is 21.5. The predicted octanol–water partition coefficient (Wildman–Crippen LogP) is 6.48. The molecular formula is C27H26O4. The third kappa shape index (κ3) is 5.02. The van der Waals surface area contributed by atoms with Gasteiger partial charge in [0.2, 0.25) is 0 Å². The lowest BCUT2D eigenvalue weighted by Crippen LogP contribution is -2.16. The average molecular weight is 415 g/mol. The van der Waals surface area contributed by atoms with Crippen molar-refractivity contribution in [3.05, 3.63) is 95.1 Å². The normalized spacial score (nSPS) is 14.1. The topological polar surface area (TPSA) is 52.6 Å². The maximum absolute atomic E-state index is 12.9. The molecule has 1 fully saturated rings. The van der Waals surface area contributed by atoms with E-state index in [2.05, 4.69) is 6.07 Å². The molecule has 4 rings (SSSR count). The smallest absolute Gasteiger partial charge is 0.343 e. The summed E-state index contributed by atoms with van der Waals surface area (Å²) in [6.45, 7) is 1.97. The molecule has 4 heteroatoms. The number of benzene rings is 3. The minimum Gasteiger partial charge on any atom is -0.419 e. The summed E-state index contributed by atoms with van der Waals surface area (Å²) in [7, 11) is 0. The lowest BCUT2D eigenvalue weighted by atomic mass is 9.83. The van der Waals surface area contributed by atoms with Crippen LogP contribution in [-0.4, -0.2) is 11.9 Å². The molecule has 0 aromatic heterocycles. The highest BCUT2D eigenvalue weighted by molar-refractivity contribution is 5.93. The van der Waals surface area contributed by atoms with Gasteiger partial charge in [0.05, 0.1) is 11.1 Å². The van der Waals surface area contributed by atoms with Crippen molar-refractivity contribution in [1.82, 2.24) is 0 Å². The molecule has 1 aliphatic carbocycles. The van der Waals surface area contributed by atoms with E-state index in [9.17, 15) is 9.59 Å². The molecule has 0 radical (unpaired) electrons. The highest BCUT2D eigenvalue weighted by atomic mass is 16.6. The van der Waals surface area contributed by atoms with Crippen LogP contribution in [0.15, 0.2) is 72.8 Å². The summed E-state index contributed by atoms with van der Waals surface area (Å²) < 4.78 is 11.7. The van der Waals surface area contributed by atoms with Crippen molar-refractivity contribution in [3.8, 4) is 11.5 Å². The maximum Gasteiger partial charge on any atom is 0.343 e. The third-order valence-electron chi connectivity index (χ3n) is 5.69. The molecule has 0 spiro atoms. The molecule has 0 amide bonds. The molecule has 0 atom stereocenters. The molecule has 0 heterocycles. The molecule has 31 heavy (non-hydrogen) atoms. The molecule has 4 nitrogen and oxygen atoms in total. The van der Waals surface area contributed by atoms with Crippen molar-refractivity contribution < 1.29 is 19.1 Å². The van der Waals surface area contributed by atoms with Crippen LogP contribution in [0.25, 0.3) is 0 Å². The standard InChI is InChI=1S/C27H26O4/c1-19-17-23(20-11-5-2-6-12-20)25(31-27(29)22-15-9-4-10-16-22)24(18-19)30-26(28)21-13-7-3-8-14-21/h3-4,7-10,13-18,20H,2,5-6,11-12H2,1H3. The molecule has 3 aromatic carbocycles. The van der Waals surface area contributed by atoms with Gasteiger partial charge in [-0.2, -0.15) is 0 Å². The zero-order valence-corrected chi connectivity index (χ0v) is 17.7. The van der Waals surface area contributed by atoms with Crippen molar-refractivity contribution in [1.29, 1.82) is 0 Å². The van der Waals surface area contributed by atoms with E-state index in [0.717, 1.165) is 36.8 Å². The fourth-order valence-electron chi connectivity index (χ4n) is 4.13. The Balaban J connectivity index is 1.72. The van der Waals surface area contributed by atoms with E-state index in [4.69, 9.17) is 9.47 Å². The first kappa shape index (κ1) is 20.9. The molecule has 158 valence electrons. The van der Waals surface area contributed by atoms with Crippen molar-refractivity contribution >= 4 is 11.9 Å². The first-order chi connectivity index (χ1) is 15.1. The number of hydrogen-bond donors (Lipinski definition) is 0. The highest BCUT2D eigenvalue weighted by Gasteiger charge is 2.26. The fourth-order valence-corrected chi connectivity index (χ4v) is 4.13. The fraction of sp³-hybridized carbons (Fsp3) is 0.259. The first-order valence-electron chi connectivity index (χ1n) is 10.8. The van der Waals surface area contributed by atoms with E-state index < -0.39 is 11.9 Å². The maximum atomic E-state index is 12.9. The Hall–Kier alpha value is -3.40. The lowest BCUT2D eigenvalue weighted by molar-refractivity contribution is 0.0680. The van der Waals surface area contributed by atoms with Crippen LogP contribution in [0.5, 0.6) is 11.5 Å². The Labute approximate surface area is 182 Å². The first-order valence-corrected chi connectivity index (χ1v) is 10.8. The second kappa shape index (κ2) is 9.61. The number of hydrogen-bond acceptors (Lipinski definition) is 4. The van der Waals surface area contributed by atoms with Gasteiger partial charge in [0.15, 0.2) is 11.5 Å². The summed E-state index contributed by atoms with van der Waals surface area (Å²) in [4.78, 5) is 25.6. The van der Waals surface area contributed by atoms with Crippen LogP contribution >= 0.6 is 0 Å². The monoisotopic (exact) mass is 414 g/mol. The molecule has 0 saturated heterocycles. The van der Waals surface area contributed by atoms with E-state index >= 15 is 0 Å². The van der Waals surface area contributed by atoms with Crippen molar-refractivity contribution in [2.24, 2.45) is 0 Å². The highest BCUT2D eigenvalue weighted by Crippen LogP contribution is 2.43. The zero-order chi connectivity index (χ0) is 21.6.